The van der Waals surface area contributed by atoms with Gasteiger partial charge < -0.3 is 10.0 Å². The van der Waals surface area contributed by atoms with Crippen LogP contribution in [0.2, 0.25) is 0 Å². The molecule has 108 valence electrons. The van der Waals surface area contributed by atoms with Crippen LogP contribution in [0.25, 0.3) is 0 Å². The summed E-state index contributed by atoms with van der Waals surface area (Å²) in [5, 5.41) is 8.67. The van der Waals surface area contributed by atoms with Crippen molar-refractivity contribution in [1.82, 2.24) is 9.80 Å². The third-order valence-electron chi connectivity index (χ3n) is 3.41. The number of amides is 1. The molecule has 1 aliphatic rings. The lowest BCUT2D eigenvalue weighted by atomic mass is 10.2. The van der Waals surface area contributed by atoms with E-state index in [4.69, 9.17) is 5.11 Å². The normalized spacial score (nSPS) is 16.1. The minimum atomic E-state index is -0.776. The molecule has 0 atom stereocenters. The summed E-state index contributed by atoms with van der Waals surface area (Å²) in [6.07, 6.45) is 0.157. The number of hydrogen-bond donors (Lipinski definition) is 1. The smallest absolute Gasteiger partial charge is 0.304 e. The van der Waals surface area contributed by atoms with Crippen LogP contribution in [0.1, 0.15) is 16.8 Å². The van der Waals surface area contributed by atoms with Crippen LogP contribution < -0.4 is 0 Å². The molecule has 1 saturated heterocycles. The molecule has 1 aromatic rings. The Morgan fingerprint density at radius 2 is 1.80 bits per heavy atom. The van der Waals surface area contributed by atoms with Gasteiger partial charge in [-0.1, -0.05) is 12.1 Å². The number of benzene rings is 1. The zero-order chi connectivity index (χ0) is 14.5. The minimum Gasteiger partial charge on any atom is -0.481 e. The summed E-state index contributed by atoms with van der Waals surface area (Å²) in [5.74, 6) is -0.713. The van der Waals surface area contributed by atoms with Crippen molar-refractivity contribution < 1.29 is 14.7 Å². The summed E-state index contributed by atoms with van der Waals surface area (Å²) in [6.45, 7) is 3.35. The van der Waals surface area contributed by atoms with Gasteiger partial charge in [-0.2, -0.15) is 0 Å². The van der Waals surface area contributed by atoms with Crippen molar-refractivity contribution in [2.24, 2.45) is 0 Å². The van der Waals surface area contributed by atoms with Crippen LogP contribution in [0.3, 0.4) is 0 Å². The molecule has 0 bridgehead atoms. The fourth-order valence-electron chi connectivity index (χ4n) is 2.23. The summed E-state index contributed by atoms with van der Waals surface area (Å²) < 4.78 is 0.961. The zero-order valence-corrected chi connectivity index (χ0v) is 13.2. The number of aliphatic carboxylic acids is 1. The number of carboxylic acid groups (broad SMARTS) is 1. The van der Waals surface area contributed by atoms with E-state index in [9.17, 15) is 9.59 Å². The predicted octanol–water partition coefficient (Wildman–Crippen LogP) is 1.52. The Morgan fingerprint density at radius 1 is 1.15 bits per heavy atom. The molecular formula is C14H17IN2O3. The average Bonchev–Trinajstić information content (AvgIpc) is 2.45. The summed E-state index contributed by atoms with van der Waals surface area (Å²) in [6, 6.07) is 7.57. The first-order chi connectivity index (χ1) is 9.58. The average molecular weight is 388 g/mol. The Labute approximate surface area is 131 Å². The van der Waals surface area contributed by atoms with Crippen molar-refractivity contribution in [3.8, 4) is 0 Å². The maximum absolute atomic E-state index is 12.4. The molecule has 1 heterocycles. The highest BCUT2D eigenvalue weighted by Gasteiger charge is 2.23. The SMILES string of the molecule is O=C(O)CCN1CCN(C(=O)c2ccccc2I)CC1. The standard InChI is InChI=1S/C14H17IN2O3/c15-12-4-2-1-3-11(12)14(20)17-9-7-16(8-10-17)6-5-13(18)19/h1-4H,5-10H2,(H,18,19). The second-order valence-corrected chi connectivity index (χ2v) is 5.92. The second kappa shape index (κ2) is 7.03. The summed E-state index contributed by atoms with van der Waals surface area (Å²) in [7, 11) is 0. The first-order valence-corrected chi connectivity index (χ1v) is 7.64. The molecule has 20 heavy (non-hydrogen) atoms. The lowest BCUT2D eigenvalue weighted by Crippen LogP contribution is -2.49. The number of nitrogens with zero attached hydrogens (tertiary/aromatic N) is 2. The van der Waals surface area contributed by atoms with Crippen molar-refractivity contribution in [2.75, 3.05) is 32.7 Å². The van der Waals surface area contributed by atoms with E-state index in [1.165, 1.54) is 0 Å². The fraction of sp³-hybridized carbons (Fsp3) is 0.429. The lowest BCUT2D eigenvalue weighted by molar-refractivity contribution is -0.137. The topological polar surface area (TPSA) is 60.9 Å². The van der Waals surface area contributed by atoms with Gasteiger partial charge in [-0.25, -0.2) is 0 Å². The van der Waals surface area contributed by atoms with Gasteiger partial charge in [0.1, 0.15) is 0 Å². The molecule has 0 aliphatic carbocycles. The number of rotatable bonds is 4. The Morgan fingerprint density at radius 3 is 2.40 bits per heavy atom. The number of carboxylic acids is 1. The minimum absolute atomic E-state index is 0.0629. The van der Waals surface area contributed by atoms with Crippen molar-refractivity contribution in [1.29, 1.82) is 0 Å². The van der Waals surface area contributed by atoms with Gasteiger partial charge in [0.2, 0.25) is 0 Å². The number of piperazine rings is 1. The van der Waals surface area contributed by atoms with E-state index in [2.05, 4.69) is 27.5 Å². The third kappa shape index (κ3) is 3.92. The van der Waals surface area contributed by atoms with E-state index < -0.39 is 5.97 Å². The molecule has 2 rings (SSSR count). The van der Waals surface area contributed by atoms with Crippen LogP contribution in [0, 0.1) is 3.57 Å². The van der Waals surface area contributed by atoms with Crippen molar-refractivity contribution >= 4 is 34.5 Å². The van der Waals surface area contributed by atoms with Crippen LogP contribution in [0.5, 0.6) is 0 Å². The molecule has 1 amide bonds. The molecule has 0 aromatic heterocycles. The molecule has 6 heteroatoms. The van der Waals surface area contributed by atoms with E-state index in [0.29, 0.717) is 19.6 Å². The highest BCUT2D eigenvalue weighted by atomic mass is 127. The number of hydrogen-bond acceptors (Lipinski definition) is 3. The van der Waals surface area contributed by atoms with Gasteiger partial charge in [0.05, 0.1) is 12.0 Å². The van der Waals surface area contributed by atoms with E-state index >= 15 is 0 Å². The highest BCUT2D eigenvalue weighted by Crippen LogP contribution is 2.15. The van der Waals surface area contributed by atoms with Gasteiger partial charge in [0, 0.05) is 36.3 Å². The van der Waals surface area contributed by atoms with Gasteiger partial charge in [0.15, 0.2) is 0 Å². The first kappa shape index (κ1) is 15.2. The lowest BCUT2D eigenvalue weighted by Gasteiger charge is -2.34. The molecule has 0 spiro atoms. The maximum Gasteiger partial charge on any atom is 0.304 e. The van der Waals surface area contributed by atoms with Crippen LogP contribution in [0.15, 0.2) is 24.3 Å². The molecule has 1 aromatic carbocycles. The van der Waals surface area contributed by atoms with Gasteiger partial charge >= 0.3 is 5.97 Å². The fourth-order valence-corrected chi connectivity index (χ4v) is 2.85. The van der Waals surface area contributed by atoms with Crippen molar-refractivity contribution in [3.63, 3.8) is 0 Å². The van der Waals surface area contributed by atoms with Crippen molar-refractivity contribution in [3.05, 3.63) is 33.4 Å². The number of carbonyl (C=O) groups excluding carboxylic acids is 1. The van der Waals surface area contributed by atoms with E-state index in [0.717, 1.165) is 22.2 Å². The van der Waals surface area contributed by atoms with Crippen LogP contribution >= 0.6 is 22.6 Å². The molecule has 0 saturated carbocycles. The van der Waals surface area contributed by atoms with Gasteiger partial charge in [-0.3, -0.25) is 14.5 Å². The number of carbonyl (C=O) groups is 2. The predicted molar refractivity (Wildman–Crippen MR) is 83.8 cm³/mol. The van der Waals surface area contributed by atoms with Gasteiger partial charge in [-0.05, 0) is 34.7 Å². The Balaban J connectivity index is 1.89. The maximum atomic E-state index is 12.4. The Bertz CT molecular complexity index is 499. The van der Waals surface area contributed by atoms with Crippen LogP contribution in [-0.4, -0.2) is 59.5 Å². The molecule has 1 fully saturated rings. The Hall–Kier alpha value is -1.15. The third-order valence-corrected chi connectivity index (χ3v) is 4.35. The summed E-state index contributed by atoms with van der Waals surface area (Å²) >= 11 is 2.17. The van der Waals surface area contributed by atoms with E-state index in [-0.39, 0.29) is 12.3 Å². The summed E-state index contributed by atoms with van der Waals surface area (Å²) in [5.41, 5.74) is 0.743. The second-order valence-electron chi connectivity index (χ2n) is 4.76. The monoisotopic (exact) mass is 388 g/mol. The zero-order valence-electron chi connectivity index (χ0n) is 11.1. The van der Waals surface area contributed by atoms with Gasteiger partial charge in [-0.15, -0.1) is 0 Å². The largest absolute Gasteiger partial charge is 0.481 e. The molecule has 0 unspecified atom stereocenters. The van der Waals surface area contributed by atoms with Crippen LogP contribution in [-0.2, 0) is 4.79 Å². The van der Waals surface area contributed by atoms with E-state index in [1.54, 1.807) is 0 Å². The van der Waals surface area contributed by atoms with Crippen molar-refractivity contribution in [2.45, 2.75) is 6.42 Å². The number of halogens is 1. The molecule has 0 radical (unpaired) electrons. The first-order valence-electron chi connectivity index (χ1n) is 6.56. The quantitative estimate of drug-likeness (QED) is 0.795. The van der Waals surface area contributed by atoms with Gasteiger partial charge in [0.25, 0.3) is 5.91 Å². The van der Waals surface area contributed by atoms with Crippen LogP contribution in [0.4, 0.5) is 0 Å². The molecular weight excluding hydrogens is 371 g/mol. The summed E-state index contributed by atoms with van der Waals surface area (Å²) in [4.78, 5) is 26.9. The highest BCUT2D eigenvalue weighted by molar-refractivity contribution is 14.1. The molecule has 1 N–H and O–H groups in total. The molecule has 1 aliphatic heterocycles. The molecule has 5 nitrogen and oxygen atoms in total. The Kier molecular flexibility index (Phi) is 5.36. The van der Waals surface area contributed by atoms with E-state index in [1.807, 2.05) is 29.2 Å².